The van der Waals surface area contributed by atoms with Crippen molar-refractivity contribution in [3.8, 4) is 21.7 Å². The zero-order valence-electron chi connectivity index (χ0n) is 17.0. The fraction of sp³-hybridized carbons (Fsp3) is 0.273. The number of carbonyl (C=O) groups is 1. The molecule has 1 saturated heterocycles. The highest BCUT2D eigenvalue weighted by Gasteiger charge is 2.31. The standard InChI is InChI=1S/C22H22N6O2S/c1-13(29)22(27-7-6-16(30)12-27)28-11-15(10-25-28)14-8-17(20(23)24-9-14)21-26-18-4-2-3-5-19(18)31-21/h2-5,8-11,16,22,30H,6-7,12H2,1H3,(H2,23,24). The number of likely N-dealkylation sites (tertiary alicyclic amines) is 1. The van der Waals surface area contributed by atoms with Gasteiger partial charge in [0, 0.05) is 36.6 Å². The molecule has 2 atom stereocenters. The van der Waals surface area contributed by atoms with Gasteiger partial charge in [-0.1, -0.05) is 12.1 Å². The van der Waals surface area contributed by atoms with Crippen LogP contribution in [-0.2, 0) is 4.79 Å². The second-order valence-corrected chi connectivity index (χ2v) is 8.80. The number of para-hydroxylation sites is 1. The third kappa shape index (κ3) is 3.71. The predicted molar refractivity (Wildman–Crippen MR) is 120 cm³/mol. The van der Waals surface area contributed by atoms with Gasteiger partial charge in [0.15, 0.2) is 11.9 Å². The first kappa shape index (κ1) is 19.8. The summed E-state index contributed by atoms with van der Waals surface area (Å²) in [5.41, 5.74) is 9.55. The van der Waals surface area contributed by atoms with E-state index in [0.29, 0.717) is 25.3 Å². The van der Waals surface area contributed by atoms with Crippen molar-refractivity contribution in [1.29, 1.82) is 0 Å². The lowest BCUT2D eigenvalue weighted by Crippen LogP contribution is -2.36. The van der Waals surface area contributed by atoms with Crippen LogP contribution in [-0.4, -0.2) is 54.7 Å². The van der Waals surface area contributed by atoms with Crippen LogP contribution in [0.4, 0.5) is 5.82 Å². The molecule has 31 heavy (non-hydrogen) atoms. The molecule has 1 aliphatic rings. The highest BCUT2D eigenvalue weighted by molar-refractivity contribution is 7.21. The van der Waals surface area contributed by atoms with Crippen LogP contribution in [0.3, 0.4) is 0 Å². The summed E-state index contributed by atoms with van der Waals surface area (Å²) in [6.45, 7) is 2.67. The number of benzene rings is 1. The lowest BCUT2D eigenvalue weighted by molar-refractivity contribution is -0.125. The fourth-order valence-electron chi connectivity index (χ4n) is 4.01. The number of aliphatic hydroxyl groups excluding tert-OH is 1. The minimum absolute atomic E-state index is 0.0191. The molecule has 8 nitrogen and oxygen atoms in total. The van der Waals surface area contributed by atoms with Crippen molar-refractivity contribution in [2.75, 3.05) is 18.8 Å². The van der Waals surface area contributed by atoms with Crippen molar-refractivity contribution in [2.24, 2.45) is 0 Å². The number of thiazole rings is 1. The lowest BCUT2D eigenvalue weighted by Gasteiger charge is -2.25. The van der Waals surface area contributed by atoms with Crippen LogP contribution in [0.15, 0.2) is 48.9 Å². The van der Waals surface area contributed by atoms with Crippen LogP contribution in [0.1, 0.15) is 19.5 Å². The number of aromatic nitrogens is 4. The summed E-state index contributed by atoms with van der Waals surface area (Å²) in [7, 11) is 0. The molecule has 1 aromatic carbocycles. The van der Waals surface area contributed by atoms with E-state index in [2.05, 4.69) is 10.1 Å². The Kier molecular flexibility index (Phi) is 5.01. The first-order valence-corrected chi connectivity index (χ1v) is 10.9. The summed E-state index contributed by atoms with van der Waals surface area (Å²) in [5.74, 6) is 0.400. The number of hydrogen-bond donors (Lipinski definition) is 2. The lowest BCUT2D eigenvalue weighted by atomic mass is 10.1. The SMILES string of the molecule is CC(=O)C(N1CCC(O)C1)n1cc(-c2cnc(N)c(-c3nc4ccccc4s3)c2)cn1. The average Bonchev–Trinajstić information content (AvgIpc) is 3.48. The molecule has 4 heterocycles. The first-order valence-electron chi connectivity index (χ1n) is 10.1. The van der Waals surface area contributed by atoms with Crippen LogP contribution in [0.5, 0.6) is 0 Å². The quantitative estimate of drug-likeness (QED) is 0.497. The van der Waals surface area contributed by atoms with E-state index in [1.165, 1.54) is 0 Å². The molecule has 1 fully saturated rings. The van der Waals surface area contributed by atoms with Gasteiger partial charge in [-0.15, -0.1) is 11.3 Å². The minimum Gasteiger partial charge on any atom is -0.392 e. The fourth-order valence-corrected chi connectivity index (χ4v) is 5.00. The number of hydrogen-bond acceptors (Lipinski definition) is 8. The molecule has 9 heteroatoms. The highest BCUT2D eigenvalue weighted by Crippen LogP contribution is 2.35. The molecule has 0 spiro atoms. The van der Waals surface area contributed by atoms with E-state index in [1.807, 2.05) is 41.4 Å². The normalized spacial score (nSPS) is 17.9. The number of fused-ring (bicyclic) bond motifs is 1. The van der Waals surface area contributed by atoms with E-state index < -0.39 is 12.3 Å². The molecule has 0 radical (unpaired) electrons. The van der Waals surface area contributed by atoms with E-state index in [4.69, 9.17) is 10.7 Å². The molecule has 0 aliphatic carbocycles. The van der Waals surface area contributed by atoms with Crippen LogP contribution in [0.25, 0.3) is 31.9 Å². The largest absolute Gasteiger partial charge is 0.392 e. The van der Waals surface area contributed by atoms with Crippen molar-refractivity contribution in [3.05, 3.63) is 48.9 Å². The summed E-state index contributed by atoms with van der Waals surface area (Å²) in [6, 6.07) is 9.92. The molecular weight excluding hydrogens is 412 g/mol. The molecule has 1 aliphatic heterocycles. The Morgan fingerprint density at radius 3 is 2.87 bits per heavy atom. The van der Waals surface area contributed by atoms with Crippen LogP contribution >= 0.6 is 11.3 Å². The summed E-state index contributed by atoms with van der Waals surface area (Å²) in [5, 5.41) is 15.1. The molecule has 0 saturated carbocycles. The molecule has 158 valence electrons. The van der Waals surface area contributed by atoms with Gasteiger partial charge >= 0.3 is 0 Å². The number of β-amino-alcohol motifs (C(OH)–C–C–N with tert-alkyl or cyclic N) is 1. The van der Waals surface area contributed by atoms with Gasteiger partial charge in [0.1, 0.15) is 10.8 Å². The third-order valence-electron chi connectivity index (χ3n) is 5.53. The number of pyridine rings is 1. The van der Waals surface area contributed by atoms with Crippen molar-refractivity contribution in [1.82, 2.24) is 24.6 Å². The Morgan fingerprint density at radius 1 is 1.29 bits per heavy atom. The number of Topliss-reactive ketones (excluding diaryl/α,β-unsaturated/α-hetero) is 1. The number of carbonyl (C=O) groups excluding carboxylic acids is 1. The average molecular weight is 435 g/mol. The molecule has 2 unspecified atom stereocenters. The number of ketones is 1. The summed E-state index contributed by atoms with van der Waals surface area (Å²) >= 11 is 1.57. The highest BCUT2D eigenvalue weighted by atomic mass is 32.1. The second-order valence-electron chi connectivity index (χ2n) is 7.77. The molecule has 4 aromatic rings. The smallest absolute Gasteiger partial charge is 0.169 e. The maximum Gasteiger partial charge on any atom is 0.169 e. The van der Waals surface area contributed by atoms with Gasteiger partial charge in [-0.05, 0) is 31.5 Å². The van der Waals surface area contributed by atoms with E-state index in [1.54, 1.807) is 35.3 Å². The van der Waals surface area contributed by atoms with Gasteiger partial charge in [-0.3, -0.25) is 9.69 Å². The van der Waals surface area contributed by atoms with Gasteiger partial charge in [0.2, 0.25) is 0 Å². The van der Waals surface area contributed by atoms with Crippen molar-refractivity contribution >= 4 is 33.2 Å². The molecule has 3 aromatic heterocycles. The number of nitrogens with two attached hydrogens (primary N) is 1. The number of rotatable bonds is 5. The molecule has 0 amide bonds. The van der Waals surface area contributed by atoms with Gasteiger partial charge in [-0.2, -0.15) is 5.10 Å². The number of nitrogens with zero attached hydrogens (tertiary/aromatic N) is 5. The monoisotopic (exact) mass is 434 g/mol. The van der Waals surface area contributed by atoms with Gasteiger partial charge < -0.3 is 10.8 Å². The first-order chi connectivity index (χ1) is 15.0. The van der Waals surface area contributed by atoms with Gasteiger partial charge in [0.05, 0.1) is 28.1 Å². The Labute approximate surface area is 183 Å². The van der Waals surface area contributed by atoms with E-state index >= 15 is 0 Å². The van der Waals surface area contributed by atoms with E-state index in [0.717, 1.165) is 31.9 Å². The van der Waals surface area contributed by atoms with Crippen molar-refractivity contribution in [3.63, 3.8) is 0 Å². The predicted octanol–water partition coefficient (Wildman–Crippen LogP) is 2.96. The summed E-state index contributed by atoms with van der Waals surface area (Å²) < 4.78 is 2.75. The third-order valence-corrected chi connectivity index (χ3v) is 6.60. The molecule has 3 N–H and O–H groups in total. The molecule has 5 rings (SSSR count). The minimum atomic E-state index is -0.531. The van der Waals surface area contributed by atoms with Crippen molar-refractivity contribution in [2.45, 2.75) is 25.6 Å². The van der Waals surface area contributed by atoms with Crippen LogP contribution < -0.4 is 5.73 Å². The van der Waals surface area contributed by atoms with Crippen LogP contribution in [0, 0.1) is 0 Å². The molecule has 0 bridgehead atoms. The molecular formula is C22H22N6O2S. The summed E-state index contributed by atoms with van der Waals surface area (Å²) in [6.07, 6.45) is 4.98. The Bertz CT molecular complexity index is 1230. The van der Waals surface area contributed by atoms with Crippen molar-refractivity contribution < 1.29 is 9.90 Å². The number of nitrogen functional groups attached to an aromatic ring is 1. The zero-order valence-corrected chi connectivity index (χ0v) is 17.8. The Balaban J connectivity index is 1.49. The number of aliphatic hydroxyl groups is 1. The second kappa shape index (κ2) is 7.84. The Morgan fingerprint density at radius 2 is 2.13 bits per heavy atom. The maximum absolute atomic E-state index is 12.3. The van der Waals surface area contributed by atoms with Gasteiger partial charge in [-0.25, -0.2) is 14.6 Å². The van der Waals surface area contributed by atoms with E-state index in [9.17, 15) is 9.90 Å². The van der Waals surface area contributed by atoms with Crippen LogP contribution in [0.2, 0.25) is 0 Å². The van der Waals surface area contributed by atoms with E-state index in [-0.39, 0.29) is 5.78 Å². The maximum atomic E-state index is 12.3. The number of anilines is 1. The van der Waals surface area contributed by atoms with Gasteiger partial charge in [0.25, 0.3) is 0 Å². The zero-order chi connectivity index (χ0) is 21.5. The summed E-state index contributed by atoms with van der Waals surface area (Å²) in [4.78, 5) is 23.4. The topological polar surface area (TPSA) is 110 Å². The Hall–Kier alpha value is -3.14.